The van der Waals surface area contributed by atoms with Crippen LogP contribution in [0, 0.1) is 5.41 Å². The highest BCUT2D eigenvalue weighted by molar-refractivity contribution is 5.89. The molecule has 0 spiro atoms. The normalized spacial score (nSPS) is 11.1. The lowest BCUT2D eigenvalue weighted by atomic mass is 9.99. The van der Waals surface area contributed by atoms with Crippen LogP contribution in [-0.4, -0.2) is 19.7 Å². The molecule has 1 aromatic rings. The van der Waals surface area contributed by atoms with Crippen molar-refractivity contribution in [3.63, 3.8) is 0 Å². The number of hydrogen-bond acceptors (Lipinski definition) is 4. The first-order valence-electron chi connectivity index (χ1n) is 5.40. The third-order valence-corrected chi connectivity index (χ3v) is 1.95. The number of rotatable bonds is 4. The van der Waals surface area contributed by atoms with Crippen LogP contribution < -0.4 is 4.74 Å². The van der Waals surface area contributed by atoms with Gasteiger partial charge in [-0.2, -0.15) is 4.89 Å². The van der Waals surface area contributed by atoms with Gasteiger partial charge < -0.3 is 4.74 Å². The Balaban J connectivity index is 2.47. The number of benzene rings is 1. The highest BCUT2D eigenvalue weighted by Gasteiger charge is 2.14. The van der Waals surface area contributed by atoms with Crippen molar-refractivity contribution in [1.82, 2.24) is 0 Å². The van der Waals surface area contributed by atoms with E-state index in [1.165, 1.54) is 0 Å². The SMILES string of the molecule is COc1ccc(C(=O)OOCC(C)(C)C)cc1. The van der Waals surface area contributed by atoms with Gasteiger partial charge in [-0.15, -0.1) is 0 Å². The van der Waals surface area contributed by atoms with E-state index >= 15 is 0 Å². The zero-order chi connectivity index (χ0) is 12.9. The van der Waals surface area contributed by atoms with E-state index in [2.05, 4.69) is 0 Å². The van der Waals surface area contributed by atoms with Crippen molar-refractivity contribution in [1.29, 1.82) is 0 Å². The zero-order valence-corrected chi connectivity index (χ0v) is 10.6. The molecule has 4 heteroatoms. The molecule has 94 valence electrons. The van der Waals surface area contributed by atoms with Crippen molar-refractivity contribution in [2.45, 2.75) is 20.8 Å². The average Bonchev–Trinajstić information content (AvgIpc) is 2.27. The van der Waals surface area contributed by atoms with Gasteiger partial charge in [0, 0.05) is 0 Å². The van der Waals surface area contributed by atoms with Gasteiger partial charge in [-0.1, -0.05) is 20.8 Å². The molecule has 0 aliphatic rings. The minimum Gasteiger partial charge on any atom is -0.497 e. The summed E-state index contributed by atoms with van der Waals surface area (Å²) in [7, 11) is 1.57. The fraction of sp³-hybridized carbons (Fsp3) is 0.462. The highest BCUT2D eigenvalue weighted by Crippen LogP contribution is 2.15. The third kappa shape index (κ3) is 4.87. The van der Waals surface area contributed by atoms with E-state index in [0.29, 0.717) is 17.9 Å². The Kier molecular flexibility index (Phi) is 4.52. The molecular formula is C13H18O4. The van der Waals surface area contributed by atoms with Gasteiger partial charge in [-0.25, -0.2) is 4.79 Å². The standard InChI is InChI=1S/C13H18O4/c1-13(2,3)9-16-17-12(14)10-5-7-11(15-4)8-6-10/h5-8H,9H2,1-4H3. The van der Waals surface area contributed by atoms with E-state index in [1.807, 2.05) is 20.8 Å². The van der Waals surface area contributed by atoms with Crippen LogP contribution in [0.3, 0.4) is 0 Å². The molecule has 0 aliphatic carbocycles. The Bertz CT molecular complexity index is 362. The van der Waals surface area contributed by atoms with Gasteiger partial charge in [0.05, 0.1) is 19.3 Å². The first kappa shape index (κ1) is 13.5. The van der Waals surface area contributed by atoms with Crippen molar-refractivity contribution < 1.29 is 19.3 Å². The third-order valence-electron chi connectivity index (χ3n) is 1.95. The quantitative estimate of drug-likeness (QED) is 0.597. The molecule has 0 aliphatic heterocycles. The first-order chi connectivity index (χ1) is 7.92. The van der Waals surface area contributed by atoms with Crippen LogP contribution in [0.5, 0.6) is 5.75 Å². The highest BCUT2D eigenvalue weighted by atomic mass is 17.2. The molecule has 0 heterocycles. The molecule has 0 saturated heterocycles. The van der Waals surface area contributed by atoms with Crippen molar-refractivity contribution >= 4 is 5.97 Å². The maximum absolute atomic E-state index is 11.5. The molecule has 0 radical (unpaired) electrons. The summed E-state index contributed by atoms with van der Waals surface area (Å²) < 4.78 is 4.99. The first-order valence-corrected chi connectivity index (χ1v) is 5.40. The number of carbonyl (C=O) groups excluding carboxylic acids is 1. The molecule has 1 aromatic carbocycles. The molecule has 0 unspecified atom stereocenters. The lowest BCUT2D eigenvalue weighted by Gasteiger charge is -2.16. The van der Waals surface area contributed by atoms with Crippen LogP contribution >= 0.6 is 0 Å². The second-order valence-electron chi connectivity index (χ2n) is 4.92. The van der Waals surface area contributed by atoms with Crippen LogP contribution in [0.25, 0.3) is 0 Å². The molecule has 4 nitrogen and oxygen atoms in total. The summed E-state index contributed by atoms with van der Waals surface area (Å²) in [5.41, 5.74) is 0.389. The summed E-state index contributed by atoms with van der Waals surface area (Å²) in [6, 6.07) is 6.64. The molecule has 0 aromatic heterocycles. The second-order valence-corrected chi connectivity index (χ2v) is 4.92. The molecule has 0 saturated carbocycles. The van der Waals surface area contributed by atoms with Gasteiger partial charge in [0.25, 0.3) is 0 Å². The van der Waals surface area contributed by atoms with Gasteiger partial charge in [0.1, 0.15) is 5.75 Å². The number of ether oxygens (including phenoxy) is 1. The fourth-order valence-corrected chi connectivity index (χ4v) is 1.03. The van der Waals surface area contributed by atoms with Gasteiger partial charge in [0.2, 0.25) is 0 Å². The average molecular weight is 238 g/mol. The molecular weight excluding hydrogens is 220 g/mol. The molecule has 0 bridgehead atoms. The Morgan fingerprint density at radius 2 is 1.76 bits per heavy atom. The van der Waals surface area contributed by atoms with Gasteiger partial charge in [0.15, 0.2) is 0 Å². The van der Waals surface area contributed by atoms with Crippen LogP contribution in [0.1, 0.15) is 31.1 Å². The maximum Gasteiger partial charge on any atom is 0.373 e. The summed E-state index contributed by atoms with van der Waals surface area (Å²) >= 11 is 0. The molecule has 0 N–H and O–H groups in total. The minimum absolute atomic E-state index is 0.0415. The summed E-state index contributed by atoms with van der Waals surface area (Å²) in [5.74, 6) is 0.189. The Morgan fingerprint density at radius 3 is 2.24 bits per heavy atom. The van der Waals surface area contributed by atoms with Crippen LogP contribution in [0.2, 0.25) is 0 Å². The molecule has 0 fully saturated rings. The molecule has 0 atom stereocenters. The predicted octanol–water partition coefficient (Wildman–Crippen LogP) is 2.83. The van der Waals surface area contributed by atoms with Crippen LogP contribution in [0.4, 0.5) is 0 Å². The van der Waals surface area contributed by atoms with Gasteiger partial charge in [-0.3, -0.25) is 4.89 Å². The minimum atomic E-state index is -0.503. The number of hydrogen-bond donors (Lipinski definition) is 0. The largest absolute Gasteiger partial charge is 0.497 e. The molecule has 0 amide bonds. The molecule has 1 rings (SSSR count). The van der Waals surface area contributed by atoms with Crippen molar-refractivity contribution in [3.8, 4) is 5.75 Å². The van der Waals surface area contributed by atoms with E-state index in [0.717, 1.165) is 0 Å². The topological polar surface area (TPSA) is 44.8 Å². The van der Waals surface area contributed by atoms with E-state index in [1.54, 1.807) is 31.4 Å². The van der Waals surface area contributed by atoms with Crippen molar-refractivity contribution in [3.05, 3.63) is 29.8 Å². The lowest BCUT2D eigenvalue weighted by Crippen LogP contribution is -2.17. The second kappa shape index (κ2) is 5.68. The van der Waals surface area contributed by atoms with Gasteiger partial charge >= 0.3 is 5.97 Å². The fourth-order valence-electron chi connectivity index (χ4n) is 1.03. The van der Waals surface area contributed by atoms with Crippen molar-refractivity contribution in [2.75, 3.05) is 13.7 Å². The van der Waals surface area contributed by atoms with Gasteiger partial charge in [-0.05, 0) is 29.7 Å². The van der Waals surface area contributed by atoms with E-state index in [9.17, 15) is 4.79 Å². The number of methoxy groups -OCH3 is 1. The van der Waals surface area contributed by atoms with Crippen molar-refractivity contribution in [2.24, 2.45) is 5.41 Å². The number of carbonyl (C=O) groups is 1. The zero-order valence-electron chi connectivity index (χ0n) is 10.6. The van der Waals surface area contributed by atoms with E-state index in [-0.39, 0.29) is 5.41 Å². The van der Waals surface area contributed by atoms with E-state index in [4.69, 9.17) is 14.5 Å². The van der Waals surface area contributed by atoms with E-state index < -0.39 is 5.97 Å². The van der Waals surface area contributed by atoms with Crippen LogP contribution in [0.15, 0.2) is 24.3 Å². The summed E-state index contributed by atoms with van der Waals surface area (Å²) in [6.45, 7) is 6.34. The summed E-state index contributed by atoms with van der Waals surface area (Å²) in [4.78, 5) is 21.1. The Hall–Kier alpha value is -1.55. The smallest absolute Gasteiger partial charge is 0.373 e. The summed E-state index contributed by atoms with van der Waals surface area (Å²) in [5, 5.41) is 0. The Morgan fingerprint density at radius 1 is 1.18 bits per heavy atom. The summed E-state index contributed by atoms with van der Waals surface area (Å²) in [6.07, 6.45) is 0. The predicted molar refractivity (Wildman–Crippen MR) is 63.8 cm³/mol. The lowest BCUT2D eigenvalue weighted by molar-refractivity contribution is -0.255. The maximum atomic E-state index is 11.5. The van der Waals surface area contributed by atoms with Crippen LogP contribution in [-0.2, 0) is 9.78 Å². The Labute approximate surface area is 101 Å². The molecule has 17 heavy (non-hydrogen) atoms. The monoisotopic (exact) mass is 238 g/mol.